The van der Waals surface area contributed by atoms with Gasteiger partial charge in [0.15, 0.2) is 0 Å². The third kappa shape index (κ3) is 3.15. The molecular formula is C14H11BFNO4S2. The van der Waals surface area contributed by atoms with Crippen LogP contribution in [0.5, 0.6) is 0 Å². The smallest absolute Gasteiger partial charge is 0.258 e. The lowest BCUT2D eigenvalue weighted by molar-refractivity contribution is -0.384. The van der Waals surface area contributed by atoms with Gasteiger partial charge in [0.25, 0.3) is 5.69 Å². The maximum atomic E-state index is 14.9. The SMILES string of the molecule is [B]S(F)(c1ccc(C=C)cc1)S(=O)(=O)c1ccc([N+](=O)[O-])cc1. The Hall–Kier alpha value is -2.13. The van der Waals surface area contributed by atoms with Crippen molar-refractivity contribution in [2.75, 3.05) is 0 Å². The standard InChI is InChI=1S/C14H11BFNO4S2/c1-2-11-3-7-13(8-4-11)22(15,16)23(20,21)14-9-5-12(6-10-14)17(18)19/h2-10H,1H2. The number of hydrogen-bond acceptors (Lipinski definition) is 4. The van der Waals surface area contributed by atoms with E-state index in [0.29, 0.717) is 5.56 Å². The van der Waals surface area contributed by atoms with Crippen LogP contribution in [0.4, 0.5) is 9.57 Å². The van der Waals surface area contributed by atoms with Crippen molar-refractivity contribution in [1.82, 2.24) is 0 Å². The highest BCUT2D eigenvalue weighted by Crippen LogP contribution is 2.61. The van der Waals surface area contributed by atoms with E-state index in [1.807, 2.05) is 0 Å². The molecule has 0 heterocycles. The number of hydrogen-bond donors (Lipinski definition) is 0. The van der Waals surface area contributed by atoms with E-state index < -0.39 is 28.0 Å². The van der Waals surface area contributed by atoms with Crippen LogP contribution in [-0.4, -0.2) is 20.5 Å². The van der Waals surface area contributed by atoms with Crippen molar-refractivity contribution < 1.29 is 17.2 Å². The topological polar surface area (TPSA) is 77.3 Å². The van der Waals surface area contributed by atoms with E-state index in [9.17, 15) is 22.4 Å². The molecule has 2 aromatic rings. The van der Waals surface area contributed by atoms with Gasteiger partial charge in [-0.2, -0.15) is 3.89 Å². The zero-order chi connectivity index (χ0) is 17.3. The van der Waals surface area contributed by atoms with E-state index in [1.165, 1.54) is 30.3 Å². The maximum Gasteiger partial charge on any atom is 0.269 e. The molecule has 0 aliphatic carbocycles. The second kappa shape index (κ2) is 6.17. The Labute approximate surface area is 135 Å². The molecule has 9 heteroatoms. The fourth-order valence-electron chi connectivity index (χ4n) is 1.79. The Bertz CT molecular complexity index is 849. The molecule has 0 saturated heterocycles. The molecule has 118 valence electrons. The number of rotatable bonds is 5. The average Bonchev–Trinajstić information content (AvgIpc) is 2.54. The molecule has 2 rings (SSSR count). The van der Waals surface area contributed by atoms with Gasteiger partial charge >= 0.3 is 0 Å². The molecule has 2 radical (unpaired) electrons. The molecule has 0 N–H and O–H groups in total. The normalized spacial score (nSPS) is 15.3. The quantitative estimate of drug-likeness (QED) is 0.356. The van der Waals surface area contributed by atoms with E-state index in [4.69, 9.17) is 7.12 Å². The fraction of sp³-hybridized carbons (Fsp3) is 0. The van der Waals surface area contributed by atoms with Gasteiger partial charge in [0.1, 0.15) is 0 Å². The van der Waals surface area contributed by atoms with Crippen LogP contribution in [0, 0.1) is 10.1 Å². The van der Waals surface area contributed by atoms with Crippen LogP contribution >= 0.6 is 9.30 Å². The summed E-state index contributed by atoms with van der Waals surface area (Å²) in [7, 11) is -3.18. The van der Waals surface area contributed by atoms with Crippen LogP contribution in [-0.2, 0) is 8.87 Å². The predicted molar refractivity (Wildman–Crippen MR) is 89.5 cm³/mol. The molecule has 0 amide bonds. The second-order valence-electron chi connectivity index (χ2n) is 4.50. The minimum Gasteiger partial charge on any atom is -0.258 e. The Morgan fingerprint density at radius 1 is 1.04 bits per heavy atom. The first-order chi connectivity index (χ1) is 10.7. The van der Waals surface area contributed by atoms with Crippen molar-refractivity contribution >= 4 is 37.1 Å². The Balaban J connectivity index is 2.46. The van der Waals surface area contributed by atoms with Crippen LogP contribution in [0.1, 0.15) is 5.56 Å². The van der Waals surface area contributed by atoms with Crippen LogP contribution in [0.2, 0.25) is 0 Å². The van der Waals surface area contributed by atoms with Gasteiger partial charge in [0.05, 0.1) is 9.82 Å². The monoisotopic (exact) mass is 351 g/mol. The van der Waals surface area contributed by atoms with E-state index in [-0.39, 0.29) is 10.6 Å². The van der Waals surface area contributed by atoms with Crippen molar-refractivity contribution in [1.29, 1.82) is 0 Å². The Morgan fingerprint density at radius 3 is 1.96 bits per heavy atom. The fourth-order valence-corrected chi connectivity index (χ4v) is 5.57. The molecule has 0 aliphatic heterocycles. The van der Waals surface area contributed by atoms with Crippen molar-refractivity contribution in [3.05, 3.63) is 70.8 Å². The summed E-state index contributed by atoms with van der Waals surface area (Å²) in [5.74, 6) is 0. The van der Waals surface area contributed by atoms with Gasteiger partial charge in [-0.3, -0.25) is 10.1 Å². The van der Waals surface area contributed by atoms with Crippen LogP contribution < -0.4 is 0 Å². The van der Waals surface area contributed by atoms with E-state index in [1.54, 1.807) is 0 Å². The first kappa shape index (κ1) is 17.2. The third-order valence-electron chi connectivity index (χ3n) is 3.09. The number of benzene rings is 2. The highest BCUT2D eigenvalue weighted by molar-refractivity contribution is 8.96. The van der Waals surface area contributed by atoms with Crippen molar-refractivity contribution in [3.63, 3.8) is 0 Å². The molecule has 1 unspecified atom stereocenters. The maximum absolute atomic E-state index is 14.9. The summed E-state index contributed by atoms with van der Waals surface area (Å²) < 4.78 is 39.8. The lowest BCUT2D eigenvalue weighted by atomic mass is 10.2. The minimum atomic E-state index is -4.51. The molecule has 0 aromatic heterocycles. The third-order valence-corrected chi connectivity index (χ3v) is 8.57. The van der Waals surface area contributed by atoms with Crippen molar-refractivity contribution in [2.24, 2.45) is 0 Å². The van der Waals surface area contributed by atoms with Gasteiger partial charge in [-0.1, -0.05) is 24.8 Å². The van der Waals surface area contributed by atoms with E-state index in [2.05, 4.69) is 6.58 Å². The molecule has 0 aliphatic rings. The molecule has 0 bridgehead atoms. The molecular weight excluding hydrogens is 340 g/mol. The summed E-state index contributed by atoms with van der Waals surface area (Å²) in [5, 5.41) is 10.6. The minimum absolute atomic E-state index is 0.165. The first-order valence-corrected chi connectivity index (χ1v) is 9.82. The van der Waals surface area contributed by atoms with Crippen molar-refractivity contribution in [3.8, 4) is 0 Å². The van der Waals surface area contributed by atoms with E-state index >= 15 is 0 Å². The first-order valence-electron chi connectivity index (χ1n) is 6.23. The summed E-state index contributed by atoms with van der Waals surface area (Å²) in [6, 6.07) is 9.50. The van der Waals surface area contributed by atoms with Crippen LogP contribution in [0.3, 0.4) is 0 Å². The lowest BCUT2D eigenvalue weighted by Gasteiger charge is -2.27. The number of halogens is 1. The molecule has 0 fully saturated rings. The van der Waals surface area contributed by atoms with Gasteiger partial charge in [-0.15, -0.1) is 0 Å². The molecule has 23 heavy (non-hydrogen) atoms. The highest BCUT2D eigenvalue weighted by atomic mass is 33.2. The van der Waals surface area contributed by atoms with Gasteiger partial charge in [0, 0.05) is 17.0 Å². The number of nitro groups is 1. The van der Waals surface area contributed by atoms with Crippen LogP contribution in [0.25, 0.3) is 6.08 Å². The largest absolute Gasteiger partial charge is 0.269 e. The van der Waals surface area contributed by atoms with Gasteiger partial charge in [-0.05, 0) is 39.1 Å². The predicted octanol–water partition coefficient (Wildman–Crippen LogP) is 3.76. The zero-order valence-electron chi connectivity index (χ0n) is 11.8. The van der Waals surface area contributed by atoms with Crippen molar-refractivity contribution in [2.45, 2.75) is 9.79 Å². The van der Waals surface area contributed by atoms with Gasteiger partial charge < -0.3 is 0 Å². The Kier molecular flexibility index (Phi) is 4.62. The summed E-state index contributed by atoms with van der Waals surface area (Å²) in [4.78, 5) is 9.35. The molecule has 5 nitrogen and oxygen atoms in total. The summed E-state index contributed by atoms with van der Waals surface area (Å²) in [6.45, 7) is 3.55. The van der Waals surface area contributed by atoms with Gasteiger partial charge in [0.2, 0.25) is 16.0 Å². The second-order valence-corrected chi connectivity index (χ2v) is 10.2. The highest BCUT2D eigenvalue weighted by Gasteiger charge is 2.36. The lowest BCUT2D eigenvalue weighted by Crippen LogP contribution is -2.10. The summed E-state index contributed by atoms with van der Waals surface area (Å²) >= 11 is 0. The number of nitrogens with zero attached hydrogens (tertiary/aromatic N) is 1. The van der Waals surface area contributed by atoms with Gasteiger partial charge in [-0.25, -0.2) is 8.42 Å². The number of non-ortho nitro benzene ring substituents is 1. The molecule has 0 spiro atoms. The molecule has 1 atom stereocenters. The molecule has 0 saturated carbocycles. The van der Waals surface area contributed by atoms with E-state index in [0.717, 1.165) is 24.3 Å². The number of nitro benzene ring substituents is 1. The molecule has 2 aromatic carbocycles. The summed E-state index contributed by atoms with van der Waals surface area (Å²) in [6.07, 6.45) is 1.53. The zero-order valence-corrected chi connectivity index (χ0v) is 13.4. The Morgan fingerprint density at radius 2 is 1.52 bits per heavy atom. The average molecular weight is 351 g/mol. The van der Waals surface area contributed by atoms with Crippen LogP contribution in [0.15, 0.2) is 64.9 Å². The summed E-state index contributed by atoms with van der Waals surface area (Å²) in [5.41, 5.74) is 0.396.